The number of benzene rings is 1. The number of ether oxygens (including phenoxy) is 1. The number of amides is 1. The van der Waals surface area contributed by atoms with Crippen molar-refractivity contribution >= 4 is 34.4 Å². The highest BCUT2D eigenvalue weighted by Crippen LogP contribution is 2.28. The molecule has 4 heterocycles. The summed E-state index contributed by atoms with van der Waals surface area (Å²) in [7, 11) is 0. The molecule has 2 aliphatic rings. The predicted molar refractivity (Wildman–Crippen MR) is 105 cm³/mol. The molecule has 3 aromatic rings. The fourth-order valence-electron chi connectivity index (χ4n) is 3.42. The van der Waals surface area contributed by atoms with Crippen LogP contribution in [0.4, 0.5) is 11.8 Å². The lowest BCUT2D eigenvalue weighted by Crippen LogP contribution is -2.37. The molecule has 0 saturated carbocycles. The molecule has 2 aliphatic heterocycles. The van der Waals surface area contributed by atoms with Gasteiger partial charge in [-0.2, -0.15) is 20.1 Å². The number of rotatable bonds is 3. The van der Waals surface area contributed by atoms with Crippen molar-refractivity contribution in [2.75, 3.05) is 36.2 Å². The van der Waals surface area contributed by atoms with Crippen molar-refractivity contribution < 1.29 is 9.53 Å². The summed E-state index contributed by atoms with van der Waals surface area (Å²) in [6, 6.07) is 13.5. The third kappa shape index (κ3) is 2.97. The van der Waals surface area contributed by atoms with Crippen molar-refractivity contribution in [2.24, 2.45) is 5.10 Å². The van der Waals surface area contributed by atoms with Crippen LogP contribution in [0.15, 0.2) is 53.8 Å². The van der Waals surface area contributed by atoms with E-state index in [1.807, 2.05) is 42.5 Å². The minimum absolute atomic E-state index is 0.151. The van der Waals surface area contributed by atoms with Crippen LogP contribution in [0.2, 0.25) is 0 Å². The molecule has 0 radical (unpaired) electrons. The monoisotopic (exact) mass is 374 g/mol. The van der Waals surface area contributed by atoms with Crippen molar-refractivity contribution in [1.82, 2.24) is 15.0 Å². The highest BCUT2D eigenvalue weighted by atomic mass is 16.5. The van der Waals surface area contributed by atoms with E-state index in [0.717, 1.165) is 29.9 Å². The predicted octanol–water partition coefficient (Wildman–Crippen LogP) is 2.00. The van der Waals surface area contributed by atoms with Crippen molar-refractivity contribution in [3.05, 3.63) is 54.2 Å². The summed E-state index contributed by atoms with van der Waals surface area (Å²) in [5, 5.41) is 6.65. The standard InChI is InChI=1S/C20H18N6O2/c27-17-13-16(14-5-2-1-3-6-14)24-26(17)20-22-18-15(7-4-8-21-18)19(23-20)25-9-11-28-12-10-25/h1-8H,9-13H2. The maximum absolute atomic E-state index is 12.7. The normalized spacial score (nSPS) is 17.3. The van der Waals surface area contributed by atoms with E-state index in [4.69, 9.17) is 9.72 Å². The molecule has 1 amide bonds. The Morgan fingerprint density at radius 2 is 1.79 bits per heavy atom. The molecular formula is C20H18N6O2. The van der Waals surface area contributed by atoms with E-state index in [1.54, 1.807) is 6.20 Å². The molecular weight excluding hydrogens is 356 g/mol. The van der Waals surface area contributed by atoms with E-state index in [2.05, 4.69) is 20.0 Å². The van der Waals surface area contributed by atoms with E-state index in [1.165, 1.54) is 5.01 Å². The molecule has 0 spiro atoms. The van der Waals surface area contributed by atoms with E-state index in [9.17, 15) is 4.79 Å². The van der Waals surface area contributed by atoms with Gasteiger partial charge in [-0.05, 0) is 17.7 Å². The lowest BCUT2D eigenvalue weighted by atomic mass is 10.1. The van der Waals surface area contributed by atoms with Crippen LogP contribution in [0.25, 0.3) is 11.0 Å². The topological polar surface area (TPSA) is 83.8 Å². The minimum atomic E-state index is -0.151. The number of hydrogen-bond acceptors (Lipinski definition) is 7. The SMILES string of the molecule is O=C1CC(c2ccccc2)=NN1c1nc(N2CCOCC2)c2cccnc2n1. The van der Waals surface area contributed by atoms with Crippen molar-refractivity contribution in [3.63, 3.8) is 0 Å². The Morgan fingerprint density at radius 1 is 0.964 bits per heavy atom. The largest absolute Gasteiger partial charge is 0.378 e. The first kappa shape index (κ1) is 16.8. The van der Waals surface area contributed by atoms with Crippen LogP contribution in [-0.2, 0) is 9.53 Å². The van der Waals surface area contributed by atoms with Gasteiger partial charge < -0.3 is 9.64 Å². The highest BCUT2D eigenvalue weighted by Gasteiger charge is 2.29. The average molecular weight is 374 g/mol. The van der Waals surface area contributed by atoms with Gasteiger partial charge in [0.05, 0.1) is 30.7 Å². The minimum Gasteiger partial charge on any atom is -0.378 e. The number of nitrogens with zero attached hydrogens (tertiary/aromatic N) is 6. The number of fused-ring (bicyclic) bond motifs is 1. The second-order valence-corrected chi connectivity index (χ2v) is 6.62. The fraction of sp³-hybridized carbons (Fsp3) is 0.250. The Labute approximate surface area is 161 Å². The molecule has 8 nitrogen and oxygen atoms in total. The van der Waals surface area contributed by atoms with E-state index in [0.29, 0.717) is 24.6 Å². The summed E-state index contributed by atoms with van der Waals surface area (Å²) in [6.07, 6.45) is 1.91. The van der Waals surface area contributed by atoms with Gasteiger partial charge in [-0.1, -0.05) is 30.3 Å². The Kier molecular flexibility index (Phi) is 4.17. The Bertz CT molecular complexity index is 1060. The molecule has 0 bridgehead atoms. The van der Waals surface area contributed by atoms with Crippen LogP contribution in [0.3, 0.4) is 0 Å². The number of hydrogen-bond donors (Lipinski definition) is 0. The molecule has 0 atom stereocenters. The fourth-order valence-corrected chi connectivity index (χ4v) is 3.42. The van der Waals surface area contributed by atoms with Crippen molar-refractivity contribution in [2.45, 2.75) is 6.42 Å². The third-order valence-electron chi connectivity index (χ3n) is 4.82. The quantitative estimate of drug-likeness (QED) is 0.697. The molecule has 0 aliphatic carbocycles. The smallest absolute Gasteiger partial charge is 0.257 e. The van der Waals surface area contributed by atoms with Crippen LogP contribution in [0, 0.1) is 0 Å². The number of anilines is 2. The lowest BCUT2D eigenvalue weighted by molar-refractivity contribution is -0.117. The van der Waals surface area contributed by atoms with Gasteiger partial charge in [-0.25, -0.2) is 4.98 Å². The first-order chi connectivity index (χ1) is 13.8. The second-order valence-electron chi connectivity index (χ2n) is 6.62. The molecule has 1 fully saturated rings. The Balaban J connectivity index is 1.59. The van der Waals surface area contributed by atoms with E-state index >= 15 is 0 Å². The van der Waals surface area contributed by atoms with Crippen LogP contribution in [-0.4, -0.2) is 52.9 Å². The summed E-state index contributed by atoms with van der Waals surface area (Å²) >= 11 is 0. The number of carbonyl (C=O) groups is 1. The molecule has 8 heteroatoms. The summed E-state index contributed by atoms with van der Waals surface area (Å²) in [4.78, 5) is 28.4. The van der Waals surface area contributed by atoms with Gasteiger partial charge in [0.15, 0.2) is 5.65 Å². The molecule has 1 saturated heterocycles. The molecule has 5 rings (SSSR count). The maximum atomic E-state index is 12.7. The number of aromatic nitrogens is 3. The molecule has 0 unspecified atom stereocenters. The zero-order valence-corrected chi connectivity index (χ0v) is 15.2. The zero-order valence-electron chi connectivity index (χ0n) is 15.2. The maximum Gasteiger partial charge on any atom is 0.257 e. The Hall–Kier alpha value is -3.39. The van der Waals surface area contributed by atoms with Crippen molar-refractivity contribution in [3.8, 4) is 0 Å². The van der Waals surface area contributed by atoms with Crippen molar-refractivity contribution in [1.29, 1.82) is 0 Å². The summed E-state index contributed by atoms with van der Waals surface area (Å²) in [6.45, 7) is 2.74. The number of morpholine rings is 1. The number of carbonyl (C=O) groups excluding carboxylic acids is 1. The second kappa shape index (κ2) is 6.97. The van der Waals surface area contributed by atoms with Gasteiger partial charge in [0, 0.05) is 19.3 Å². The molecule has 28 heavy (non-hydrogen) atoms. The first-order valence-electron chi connectivity index (χ1n) is 9.21. The van der Waals surface area contributed by atoms with Gasteiger partial charge in [0.25, 0.3) is 11.9 Å². The van der Waals surface area contributed by atoms with Crippen LogP contribution >= 0.6 is 0 Å². The molecule has 1 aromatic carbocycles. The van der Waals surface area contributed by atoms with Gasteiger partial charge in [0.2, 0.25) is 0 Å². The molecule has 140 valence electrons. The van der Waals surface area contributed by atoms with Crippen LogP contribution in [0.1, 0.15) is 12.0 Å². The summed E-state index contributed by atoms with van der Waals surface area (Å²) < 4.78 is 5.46. The summed E-state index contributed by atoms with van der Waals surface area (Å²) in [5.41, 5.74) is 2.18. The van der Waals surface area contributed by atoms with E-state index in [-0.39, 0.29) is 18.3 Å². The van der Waals surface area contributed by atoms with Gasteiger partial charge in [0.1, 0.15) is 5.82 Å². The lowest BCUT2D eigenvalue weighted by Gasteiger charge is -2.29. The Morgan fingerprint density at radius 3 is 2.61 bits per heavy atom. The zero-order chi connectivity index (χ0) is 18.9. The van der Waals surface area contributed by atoms with Gasteiger partial charge in [-0.15, -0.1) is 0 Å². The first-order valence-corrected chi connectivity index (χ1v) is 9.21. The average Bonchev–Trinajstić information content (AvgIpc) is 3.16. The number of pyridine rings is 1. The van der Waals surface area contributed by atoms with Crippen LogP contribution in [0.5, 0.6) is 0 Å². The third-order valence-corrected chi connectivity index (χ3v) is 4.82. The van der Waals surface area contributed by atoms with Crippen LogP contribution < -0.4 is 9.91 Å². The molecule has 2 aromatic heterocycles. The van der Waals surface area contributed by atoms with Gasteiger partial charge in [-0.3, -0.25) is 4.79 Å². The molecule has 0 N–H and O–H groups in total. The number of hydrazone groups is 1. The summed E-state index contributed by atoms with van der Waals surface area (Å²) in [5.74, 6) is 0.859. The highest BCUT2D eigenvalue weighted by molar-refractivity contribution is 6.19. The van der Waals surface area contributed by atoms with E-state index < -0.39 is 0 Å². The van der Waals surface area contributed by atoms with Gasteiger partial charge >= 0.3 is 0 Å².